The number of aliphatic carboxylic acids is 1. The van der Waals surface area contributed by atoms with Crippen LogP contribution in [0.3, 0.4) is 0 Å². The van der Waals surface area contributed by atoms with Crippen molar-refractivity contribution in [2.45, 2.75) is 76.8 Å². The number of carboxylic acid groups (broad SMARTS) is 1. The molecule has 0 saturated heterocycles. The van der Waals surface area contributed by atoms with Crippen molar-refractivity contribution in [3.8, 4) is 0 Å². The van der Waals surface area contributed by atoms with Crippen molar-refractivity contribution in [1.82, 2.24) is 10.6 Å². The number of rotatable bonds is 7. The predicted octanol–water partition coefficient (Wildman–Crippen LogP) is 2.06. The Kier molecular flexibility index (Phi) is 6.99. The molecule has 1 aliphatic rings. The van der Waals surface area contributed by atoms with Gasteiger partial charge < -0.3 is 15.7 Å². The lowest BCUT2D eigenvalue weighted by molar-refractivity contribution is -0.148. The first-order valence-corrected chi connectivity index (χ1v) is 7.74. The van der Waals surface area contributed by atoms with E-state index in [4.69, 9.17) is 0 Å². The molecule has 0 atom stereocenters. The fraction of sp³-hybridized carbons (Fsp3) is 0.867. The molecule has 0 radical (unpaired) electrons. The highest BCUT2D eigenvalue weighted by Crippen LogP contribution is 2.27. The molecule has 116 valence electrons. The van der Waals surface area contributed by atoms with Crippen LogP contribution < -0.4 is 10.6 Å². The van der Waals surface area contributed by atoms with Gasteiger partial charge in [0.05, 0.1) is 0 Å². The molecule has 1 rings (SSSR count). The minimum Gasteiger partial charge on any atom is -0.480 e. The zero-order valence-electron chi connectivity index (χ0n) is 12.7. The number of carbonyl (C=O) groups is 2. The third-order valence-electron chi connectivity index (χ3n) is 3.88. The average molecular weight is 284 g/mol. The van der Waals surface area contributed by atoms with Gasteiger partial charge in [-0.25, -0.2) is 4.79 Å². The van der Waals surface area contributed by atoms with Gasteiger partial charge in [-0.1, -0.05) is 39.5 Å². The van der Waals surface area contributed by atoms with E-state index in [9.17, 15) is 14.7 Å². The van der Waals surface area contributed by atoms with Crippen LogP contribution in [0.15, 0.2) is 0 Å². The van der Waals surface area contributed by atoms with Crippen LogP contribution in [0.5, 0.6) is 0 Å². The number of hydrogen-bond acceptors (Lipinski definition) is 3. The van der Waals surface area contributed by atoms with Crippen LogP contribution in [-0.4, -0.2) is 35.1 Å². The Morgan fingerprint density at radius 3 is 2.25 bits per heavy atom. The van der Waals surface area contributed by atoms with Crippen LogP contribution in [0, 0.1) is 0 Å². The summed E-state index contributed by atoms with van der Waals surface area (Å²) < 4.78 is 0. The second-order valence-corrected chi connectivity index (χ2v) is 6.06. The van der Waals surface area contributed by atoms with Crippen LogP contribution in [0.2, 0.25) is 0 Å². The molecule has 0 aromatic carbocycles. The van der Waals surface area contributed by atoms with Gasteiger partial charge in [0.2, 0.25) is 5.91 Å². The summed E-state index contributed by atoms with van der Waals surface area (Å²) in [6, 6.07) is 0.408. The summed E-state index contributed by atoms with van der Waals surface area (Å²) in [5.41, 5.74) is -1.03. The molecule has 0 aromatic rings. The van der Waals surface area contributed by atoms with Crippen molar-refractivity contribution in [2.75, 3.05) is 6.54 Å². The fourth-order valence-electron chi connectivity index (χ4n) is 2.69. The van der Waals surface area contributed by atoms with E-state index in [1.165, 1.54) is 0 Å². The van der Waals surface area contributed by atoms with E-state index in [0.717, 1.165) is 38.6 Å². The summed E-state index contributed by atoms with van der Waals surface area (Å²) in [5.74, 6) is -1.02. The largest absolute Gasteiger partial charge is 0.480 e. The summed E-state index contributed by atoms with van der Waals surface area (Å²) in [6.07, 6.45) is 6.10. The molecule has 3 N–H and O–H groups in total. The van der Waals surface area contributed by atoms with Gasteiger partial charge in [0.25, 0.3) is 0 Å². The highest BCUT2D eigenvalue weighted by atomic mass is 16.4. The lowest BCUT2D eigenvalue weighted by Gasteiger charge is -2.29. The van der Waals surface area contributed by atoms with Gasteiger partial charge in [-0.05, 0) is 25.8 Å². The van der Waals surface area contributed by atoms with Gasteiger partial charge in [0.15, 0.2) is 0 Å². The molecule has 0 spiro atoms. The smallest absolute Gasteiger partial charge is 0.329 e. The molecule has 1 fully saturated rings. The topological polar surface area (TPSA) is 78.4 Å². The summed E-state index contributed by atoms with van der Waals surface area (Å²) in [5, 5.41) is 15.5. The maximum absolute atomic E-state index is 12.0. The first kappa shape index (κ1) is 17.0. The third-order valence-corrected chi connectivity index (χ3v) is 3.88. The van der Waals surface area contributed by atoms with E-state index in [-0.39, 0.29) is 5.91 Å². The maximum atomic E-state index is 12.0. The third kappa shape index (κ3) is 5.49. The van der Waals surface area contributed by atoms with Crippen LogP contribution >= 0.6 is 0 Å². The molecule has 0 bridgehead atoms. The van der Waals surface area contributed by atoms with Crippen molar-refractivity contribution in [3.05, 3.63) is 0 Å². The molecule has 0 heterocycles. The van der Waals surface area contributed by atoms with Crippen molar-refractivity contribution >= 4 is 11.9 Å². The quantitative estimate of drug-likeness (QED) is 0.494. The van der Waals surface area contributed by atoms with E-state index < -0.39 is 11.5 Å². The van der Waals surface area contributed by atoms with Crippen molar-refractivity contribution in [2.24, 2.45) is 0 Å². The number of carboxylic acids is 1. The van der Waals surface area contributed by atoms with Crippen molar-refractivity contribution in [3.63, 3.8) is 0 Å². The Labute approximate surface area is 121 Å². The van der Waals surface area contributed by atoms with E-state index in [1.54, 1.807) is 0 Å². The predicted molar refractivity (Wildman–Crippen MR) is 78.6 cm³/mol. The number of hydrogen-bond donors (Lipinski definition) is 3. The Bertz CT molecular complexity index is 321. The highest BCUT2D eigenvalue weighted by Gasteiger charge is 2.39. The normalized spacial score (nSPS) is 18.6. The Hall–Kier alpha value is -1.10. The molecule has 0 unspecified atom stereocenters. The Balaban J connectivity index is 2.44. The Morgan fingerprint density at radius 1 is 1.15 bits per heavy atom. The highest BCUT2D eigenvalue weighted by molar-refractivity contribution is 5.87. The number of amides is 1. The average Bonchev–Trinajstić information content (AvgIpc) is 2.61. The lowest BCUT2D eigenvalue weighted by atomic mass is 9.90. The van der Waals surface area contributed by atoms with Gasteiger partial charge in [-0.15, -0.1) is 0 Å². The van der Waals surface area contributed by atoms with Crippen LogP contribution in [-0.2, 0) is 9.59 Å². The second kappa shape index (κ2) is 8.25. The second-order valence-electron chi connectivity index (χ2n) is 6.06. The number of nitrogens with one attached hydrogen (secondary N) is 2. The van der Waals surface area contributed by atoms with Crippen LogP contribution in [0.1, 0.15) is 65.2 Å². The monoisotopic (exact) mass is 284 g/mol. The molecule has 1 aliphatic carbocycles. The van der Waals surface area contributed by atoms with Crippen LogP contribution in [0.4, 0.5) is 0 Å². The summed E-state index contributed by atoms with van der Waals surface area (Å²) in [6.45, 7) is 4.90. The molecule has 1 saturated carbocycles. The summed E-state index contributed by atoms with van der Waals surface area (Å²) >= 11 is 0. The fourth-order valence-corrected chi connectivity index (χ4v) is 2.69. The molecular formula is C15H28N2O3. The molecule has 0 aromatic heterocycles. The van der Waals surface area contributed by atoms with E-state index >= 15 is 0 Å². The minimum atomic E-state index is -1.03. The van der Waals surface area contributed by atoms with Crippen LogP contribution in [0.25, 0.3) is 0 Å². The lowest BCUT2D eigenvalue weighted by Crippen LogP contribution is -2.54. The molecule has 0 aliphatic heterocycles. The SMILES string of the molecule is CC(C)NCCCC(=O)NC1(C(=O)O)CCCCCC1. The summed E-state index contributed by atoms with van der Waals surface area (Å²) in [4.78, 5) is 23.5. The van der Waals surface area contributed by atoms with Crippen molar-refractivity contribution < 1.29 is 14.7 Å². The first-order chi connectivity index (χ1) is 9.46. The maximum Gasteiger partial charge on any atom is 0.329 e. The summed E-state index contributed by atoms with van der Waals surface area (Å²) in [7, 11) is 0. The molecule has 1 amide bonds. The first-order valence-electron chi connectivity index (χ1n) is 7.74. The standard InChI is InChI=1S/C15H28N2O3/c1-12(2)16-11-7-8-13(18)17-15(14(19)20)9-5-3-4-6-10-15/h12,16H,3-11H2,1-2H3,(H,17,18)(H,19,20). The zero-order valence-corrected chi connectivity index (χ0v) is 12.7. The van der Waals surface area contributed by atoms with Gasteiger partial charge in [0.1, 0.15) is 5.54 Å². The van der Waals surface area contributed by atoms with E-state index in [1.807, 2.05) is 0 Å². The minimum absolute atomic E-state index is 0.139. The molecule has 5 heteroatoms. The van der Waals surface area contributed by atoms with E-state index in [2.05, 4.69) is 24.5 Å². The van der Waals surface area contributed by atoms with Gasteiger partial charge in [-0.3, -0.25) is 4.79 Å². The molecular weight excluding hydrogens is 256 g/mol. The zero-order chi connectivity index (χ0) is 15.0. The van der Waals surface area contributed by atoms with Gasteiger partial charge in [0, 0.05) is 12.5 Å². The van der Waals surface area contributed by atoms with Crippen molar-refractivity contribution in [1.29, 1.82) is 0 Å². The van der Waals surface area contributed by atoms with E-state index in [0.29, 0.717) is 25.3 Å². The number of carbonyl (C=O) groups excluding carboxylic acids is 1. The molecule has 5 nitrogen and oxygen atoms in total. The van der Waals surface area contributed by atoms with Gasteiger partial charge >= 0.3 is 5.97 Å². The molecule has 20 heavy (non-hydrogen) atoms. The van der Waals surface area contributed by atoms with Gasteiger partial charge in [-0.2, -0.15) is 0 Å². The Morgan fingerprint density at radius 2 is 1.75 bits per heavy atom.